The average molecular weight is 426 g/mol. The number of hydrogen-bond acceptors (Lipinski definition) is 5. The van der Waals surface area contributed by atoms with Crippen molar-refractivity contribution < 1.29 is 14.0 Å². The maximum absolute atomic E-state index is 14.2. The first-order chi connectivity index (χ1) is 14.8. The Morgan fingerprint density at radius 3 is 2.68 bits per heavy atom. The van der Waals surface area contributed by atoms with Gasteiger partial charge in [0.2, 0.25) is 11.5 Å². The lowest BCUT2D eigenvalue weighted by Gasteiger charge is -2.32. The number of carbonyl (C=O) groups excluding carboxylic acids is 2. The molecule has 31 heavy (non-hydrogen) atoms. The Kier molecular flexibility index (Phi) is 5.55. The number of anilines is 1. The molecule has 2 N–H and O–H groups in total. The Hall–Kier alpha value is -3.53. The zero-order chi connectivity index (χ0) is 22.1. The molecule has 1 fully saturated rings. The Morgan fingerprint density at radius 1 is 1.19 bits per heavy atom. The summed E-state index contributed by atoms with van der Waals surface area (Å²) in [5.41, 5.74) is 0.0671. The van der Waals surface area contributed by atoms with Crippen molar-refractivity contribution in [1.29, 1.82) is 0 Å². The minimum atomic E-state index is -0.603. The molecule has 3 heterocycles. The number of aromatic amines is 1. The van der Waals surface area contributed by atoms with E-state index >= 15 is 0 Å². The van der Waals surface area contributed by atoms with Gasteiger partial charge in [-0.05, 0) is 31.7 Å². The number of aryl methyl sites for hydroxylation is 1. The third kappa shape index (κ3) is 4.48. The number of hydrogen-bond donors (Lipinski definition) is 2. The van der Waals surface area contributed by atoms with Gasteiger partial charge in [-0.25, -0.2) is 4.39 Å². The summed E-state index contributed by atoms with van der Waals surface area (Å²) in [6, 6.07) is 5.62. The van der Waals surface area contributed by atoms with Gasteiger partial charge < -0.3 is 20.1 Å². The molecular formula is C21H23FN6O3. The molecule has 1 saturated heterocycles. The lowest BCUT2D eigenvalue weighted by Crippen LogP contribution is -2.48. The van der Waals surface area contributed by atoms with Crippen molar-refractivity contribution in [3.8, 4) is 0 Å². The van der Waals surface area contributed by atoms with Gasteiger partial charge in [0.05, 0.1) is 11.1 Å². The summed E-state index contributed by atoms with van der Waals surface area (Å²) < 4.78 is 15.7. The molecule has 0 aliphatic carbocycles. The number of fused-ring (bicyclic) bond motifs is 1. The number of nitrogens with one attached hydrogen (secondary N) is 2. The van der Waals surface area contributed by atoms with Gasteiger partial charge in [-0.1, -0.05) is 0 Å². The molecular weight excluding hydrogens is 403 g/mol. The van der Waals surface area contributed by atoms with Crippen LogP contribution in [-0.4, -0.2) is 69.6 Å². The molecule has 0 radical (unpaired) electrons. The van der Waals surface area contributed by atoms with Gasteiger partial charge in [-0.3, -0.25) is 19.1 Å². The van der Waals surface area contributed by atoms with Crippen molar-refractivity contribution in [2.24, 2.45) is 0 Å². The van der Waals surface area contributed by atoms with E-state index in [4.69, 9.17) is 0 Å². The lowest BCUT2D eigenvalue weighted by atomic mass is 10.1. The number of nitrogens with zero attached hydrogens (tertiary/aromatic N) is 4. The van der Waals surface area contributed by atoms with Crippen molar-refractivity contribution in [2.75, 3.05) is 38.5 Å². The summed E-state index contributed by atoms with van der Waals surface area (Å²) in [5.74, 6) is -0.997. The Morgan fingerprint density at radius 2 is 1.94 bits per heavy atom. The van der Waals surface area contributed by atoms with E-state index < -0.39 is 17.3 Å². The number of pyridine rings is 1. The van der Waals surface area contributed by atoms with E-state index in [1.54, 1.807) is 30.2 Å². The van der Waals surface area contributed by atoms with Crippen LogP contribution in [0.25, 0.3) is 10.9 Å². The summed E-state index contributed by atoms with van der Waals surface area (Å²) >= 11 is 0. The monoisotopic (exact) mass is 426 g/mol. The summed E-state index contributed by atoms with van der Waals surface area (Å²) in [6.07, 6.45) is 1.60. The number of rotatable bonds is 4. The molecule has 10 heteroatoms. The van der Waals surface area contributed by atoms with Crippen LogP contribution in [0.4, 0.5) is 10.2 Å². The predicted octanol–water partition coefficient (Wildman–Crippen LogP) is 1.20. The smallest absolute Gasteiger partial charge is 0.257 e. The minimum Gasteiger partial charge on any atom is -0.339 e. The second-order valence-electron chi connectivity index (χ2n) is 7.75. The molecule has 0 atom stereocenters. The summed E-state index contributed by atoms with van der Waals surface area (Å²) in [5, 5.41) is 7.15. The van der Waals surface area contributed by atoms with Gasteiger partial charge in [-0.15, -0.1) is 0 Å². The quantitative estimate of drug-likeness (QED) is 0.653. The fraction of sp³-hybridized carbons (Fsp3) is 0.333. The third-order valence-electron chi connectivity index (χ3n) is 5.33. The highest BCUT2D eigenvalue weighted by atomic mass is 19.1. The molecule has 1 aliphatic rings. The van der Waals surface area contributed by atoms with E-state index in [9.17, 15) is 18.8 Å². The molecule has 0 saturated carbocycles. The Bertz CT molecular complexity index is 1210. The zero-order valence-electron chi connectivity index (χ0n) is 17.3. The molecule has 9 nitrogen and oxygen atoms in total. The molecule has 0 spiro atoms. The number of H-pyrrole nitrogens is 1. The number of piperazine rings is 1. The van der Waals surface area contributed by atoms with Gasteiger partial charge in [-0.2, -0.15) is 5.10 Å². The highest BCUT2D eigenvalue weighted by molar-refractivity contribution is 6.12. The van der Waals surface area contributed by atoms with Crippen molar-refractivity contribution >= 4 is 28.5 Å². The van der Waals surface area contributed by atoms with Crippen LogP contribution in [0.3, 0.4) is 0 Å². The molecule has 3 aromatic rings. The standard InChI is InChI=1S/C21H23FN6O3/c1-13-9-14-15(11-18(29)24-20(14)16(22)10-13)21(31)23-17-3-4-28(25-17)12-19(30)27-7-5-26(2)6-8-27/h3-4,9-11H,5-8,12H2,1-2H3,(H,24,29)(H,23,25,31). The molecule has 1 aliphatic heterocycles. The van der Waals surface area contributed by atoms with Crippen LogP contribution in [0.5, 0.6) is 0 Å². The molecule has 0 bridgehead atoms. The highest BCUT2D eigenvalue weighted by Crippen LogP contribution is 2.21. The van der Waals surface area contributed by atoms with E-state index in [1.807, 2.05) is 7.05 Å². The maximum atomic E-state index is 14.2. The van der Waals surface area contributed by atoms with Crippen molar-refractivity contribution in [1.82, 2.24) is 24.6 Å². The first-order valence-electron chi connectivity index (χ1n) is 9.94. The number of benzene rings is 1. The van der Waals surface area contributed by atoms with Crippen LogP contribution in [0.1, 0.15) is 15.9 Å². The molecule has 0 unspecified atom stereocenters. The number of likely N-dealkylation sites (N-methyl/N-ethyl adjacent to an activating group) is 1. The molecule has 2 amide bonds. The zero-order valence-corrected chi connectivity index (χ0v) is 17.3. The van der Waals surface area contributed by atoms with Crippen LogP contribution < -0.4 is 10.9 Å². The highest BCUT2D eigenvalue weighted by Gasteiger charge is 2.20. The second-order valence-corrected chi connectivity index (χ2v) is 7.75. The van der Waals surface area contributed by atoms with E-state index in [0.717, 1.165) is 19.2 Å². The number of amides is 2. The first kappa shape index (κ1) is 20.7. The number of carbonyl (C=O) groups is 2. The Balaban J connectivity index is 1.50. The van der Waals surface area contributed by atoms with Gasteiger partial charge >= 0.3 is 0 Å². The van der Waals surface area contributed by atoms with Crippen LogP contribution in [-0.2, 0) is 11.3 Å². The summed E-state index contributed by atoms with van der Waals surface area (Å²) in [4.78, 5) is 43.6. The van der Waals surface area contributed by atoms with Gasteiger partial charge in [0, 0.05) is 49.9 Å². The second kappa shape index (κ2) is 8.31. The molecule has 1 aromatic carbocycles. The van der Waals surface area contributed by atoms with E-state index in [0.29, 0.717) is 24.0 Å². The predicted molar refractivity (Wildman–Crippen MR) is 114 cm³/mol. The number of halogens is 1. The lowest BCUT2D eigenvalue weighted by molar-refractivity contribution is -0.133. The Labute approximate surface area is 177 Å². The average Bonchev–Trinajstić information content (AvgIpc) is 3.15. The molecule has 2 aromatic heterocycles. The number of aromatic nitrogens is 3. The van der Waals surface area contributed by atoms with Crippen molar-refractivity contribution in [3.05, 3.63) is 57.8 Å². The summed E-state index contributed by atoms with van der Waals surface area (Å²) in [6.45, 7) is 4.77. The van der Waals surface area contributed by atoms with Gasteiger partial charge in [0.1, 0.15) is 12.4 Å². The topological polar surface area (TPSA) is 103 Å². The van der Waals surface area contributed by atoms with Crippen LogP contribution >= 0.6 is 0 Å². The summed E-state index contributed by atoms with van der Waals surface area (Å²) in [7, 11) is 2.02. The van der Waals surface area contributed by atoms with Gasteiger partial charge in [0.15, 0.2) is 5.82 Å². The molecule has 162 valence electrons. The maximum Gasteiger partial charge on any atom is 0.257 e. The SMILES string of the molecule is Cc1cc(F)c2[nH]c(=O)cc(C(=O)Nc3ccn(CC(=O)N4CCN(C)CC4)n3)c2c1. The van der Waals surface area contributed by atoms with Crippen LogP contribution in [0.15, 0.2) is 35.3 Å². The largest absolute Gasteiger partial charge is 0.339 e. The van der Waals surface area contributed by atoms with Crippen LogP contribution in [0.2, 0.25) is 0 Å². The van der Waals surface area contributed by atoms with E-state index in [2.05, 4.69) is 20.3 Å². The van der Waals surface area contributed by atoms with Gasteiger partial charge in [0.25, 0.3) is 5.91 Å². The van der Waals surface area contributed by atoms with E-state index in [1.165, 1.54) is 10.7 Å². The third-order valence-corrected chi connectivity index (χ3v) is 5.33. The van der Waals surface area contributed by atoms with Crippen molar-refractivity contribution in [3.63, 3.8) is 0 Å². The van der Waals surface area contributed by atoms with Crippen molar-refractivity contribution in [2.45, 2.75) is 13.5 Å². The molecule has 4 rings (SSSR count). The van der Waals surface area contributed by atoms with E-state index in [-0.39, 0.29) is 29.3 Å². The first-order valence-corrected chi connectivity index (χ1v) is 9.94. The minimum absolute atomic E-state index is 0.0217. The fourth-order valence-corrected chi connectivity index (χ4v) is 3.63. The van der Waals surface area contributed by atoms with Crippen LogP contribution in [0, 0.1) is 12.7 Å². The fourth-order valence-electron chi connectivity index (χ4n) is 3.63. The normalized spacial score (nSPS) is 14.7.